The maximum Gasteiger partial charge on any atom is 0.260 e. The van der Waals surface area contributed by atoms with Crippen molar-refractivity contribution < 1.29 is 9.47 Å². The third-order valence-corrected chi connectivity index (χ3v) is 12.5. The van der Waals surface area contributed by atoms with Crippen molar-refractivity contribution in [2.24, 2.45) is 0 Å². The largest absolute Gasteiger partial charge is 0.458 e. The molecule has 274 valence electrons. The van der Waals surface area contributed by atoms with Gasteiger partial charge in [0.05, 0.1) is 22.1 Å². The number of rotatable bonds is 4. The van der Waals surface area contributed by atoms with Crippen LogP contribution < -0.4 is 25.9 Å². The lowest BCUT2D eigenvalue weighted by atomic mass is 9.34. The fraction of sp³-hybridized carbons (Fsp3) is 0. The van der Waals surface area contributed by atoms with Gasteiger partial charge in [0.1, 0.15) is 23.0 Å². The fourth-order valence-corrected chi connectivity index (χ4v) is 9.88. The second-order valence-electron chi connectivity index (χ2n) is 15.6. The van der Waals surface area contributed by atoms with Crippen LogP contribution in [0.1, 0.15) is 0 Å². The SMILES string of the molecule is c1ccc2c(c1)Oc1c(-c3ccc(-n4c5ccccc5c5ccccc54)cc3)cc(-c3ccc(-n4c5ccccc5c5ccccc54)cc3)c3c1B2c1ccccc1O3. The molecule has 0 fully saturated rings. The van der Waals surface area contributed by atoms with E-state index in [1.54, 1.807) is 0 Å². The van der Waals surface area contributed by atoms with E-state index >= 15 is 0 Å². The number of para-hydroxylation sites is 6. The average molecular weight is 753 g/mol. The lowest BCUT2D eigenvalue weighted by Gasteiger charge is -2.35. The lowest BCUT2D eigenvalue weighted by Crippen LogP contribution is -2.57. The maximum atomic E-state index is 6.99. The van der Waals surface area contributed by atoms with Crippen molar-refractivity contribution in [2.45, 2.75) is 0 Å². The molecular weight excluding hydrogens is 719 g/mol. The van der Waals surface area contributed by atoms with Gasteiger partial charge in [0.15, 0.2) is 0 Å². The molecule has 4 heterocycles. The molecule has 9 aromatic carbocycles. The van der Waals surface area contributed by atoms with E-state index in [1.165, 1.54) is 43.6 Å². The molecule has 0 radical (unpaired) electrons. The van der Waals surface area contributed by atoms with Crippen molar-refractivity contribution in [3.8, 4) is 56.6 Å². The minimum absolute atomic E-state index is 0.0534. The summed E-state index contributed by atoms with van der Waals surface area (Å²) in [6.07, 6.45) is 0. The van der Waals surface area contributed by atoms with E-state index in [0.717, 1.165) is 73.0 Å². The Labute approximate surface area is 340 Å². The quantitative estimate of drug-likeness (QED) is 0.168. The van der Waals surface area contributed by atoms with Gasteiger partial charge in [0.2, 0.25) is 0 Å². The van der Waals surface area contributed by atoms with Crippen molar-refractivity contribution in [1.82, 2.24) is 9.13 Å². The molecule has 2 aliphatic heterocycles. The minimum Gasteiger partial charge on any atom is -0.458 e. The normalized spacial score (nSPS) is 12.6. The predicted molar refractivity (Wildman–Crippen MR) is 244 cm³/mol. The summed E-state index contributed by atoms with van der Waals surface area (Å²) in [5.74, 6) is 3.43. The topological polar surface area (TPSA) is 28.3 Å². The molecule has 4 nitrogen and oxygen atoms in total. The molecular formula is C54H33BN2O2. The van der Waals surface area contributed by atoms with Gasteiger partial charge in [-0.1, -0.05) is 133 Å². The smallest absolute Gasteiger partial charge is 0.260 e. The highest BCUT2D eigenvalue weighted by Gasteiger charge is 2.42. The molecule has 0 saturated carbocycles. The number of hydrogen-bond donors (Lipinski definition) is 0. The first-order valence-electron chi connectivity index (χ1n) is 20.2. The fourth-order valence-electron chi connectivity index (χ4n) is 9.88. The van der Waals surface area contributed by atoms with Crippen molar-refractivity contribution in [1.29, 1.82) is 0 Å². The standard InChI is InChI=1S/C54H33BN2O2/c1-7-19-46-38(13-1)39-14-2-8-20-47(39)56(46)36-29-25-34(26-30-36)42-33-43(35-27-31-37(32-28-35)57-48-21-9-3-15-40(48)41-16-4-10-22-49(41)57)54-52-53(42)58-50-23-11-5-17-44(50)55(52)45-18-6-12-24-51(45)59-54/h1-33H. The van der Waals surface area contributed by atoms with Crippen molar-refractivity contribution in [3.63, 3.8) is 0 Å². The van der Waals surface area contributed by atoms with Gasteiger partial charge in [-0.15, -0.1) is 0 Å². The molecule has 0 unspecified atom stereocenters. The number of benzene rings is 9. The summed E-state index contributed by atoms with van der Waals surface area (Å²) in [4.78, 5) is 0. The molecule has 59 heavy (non-hydrogen) atoms. The van der Waals surface area contributed by atoms with E-state index < -0.39 is 0 Å². The zero-order valence-electron chi connectivity index (χ0n) is 31.8. The summed E-state index contributed by atoms with van der Waals surface area (Å²) in [5, 5.41) is 4.99. The highest BCUT2D eigenvalue weighted by Crippen LogP contribution is 2.46. The summed E-state index contributed by atoms with van der Waals surface area (Å²) >= 11 is 0. The van der Waals surface area contributed by atoms with Crippen molar-refractivity contribution >= 4 is 66.7 Å². The molecule has 2 aromatic heterocycles. The summed E-state index contributed by atoms with van der Waals surface area (Å²) < 4.78 is 18.7. The maximum absolute atomic E-state index is 6.99. The van der Waals surface area contributed by atoms with Crippen LogP contribution in [-0.4, -0.2) is 15.8 Å². The van der Waals surface area contributed by atoms with Gasteiger partial charge in [-0.2, -0.15) is 0 Å². The first-order valence-corrected chi connectivity index (χ1v) is 20.2. The van der Waals surface area contributed by atoms with Gasteiger partial charge in [0.25, 0.3) is 6.71 Å². The third kappa shape index (κ3) is 4.67. The van der Waals surface area contributed by atoms with E-state index in [-0.39, 0.29) is 6.71 Å². The van der Waals surface area contributed by atoms with Gasteiger partial charge in [0, 0.05) is 49.5 Å². The first kappa shape index (κ1) is 32.3. The Morgan fingerprint density at radius 3 is 1.07 bits per heavy atom. The zero-order valence-corrected chi connectivity index (χ0v) is 31.8. The molecule has 5 heteroatoms. The monoisotopic (exact) mass is 752 g/mol. The van der Waals surface area contributed by atoms with Crippen LogP contribution >= 0.6 is 0 Å². The number of nitrogens with zero attached hydrogens (tertiary/aromatic N) is 2. The Bertz CT molecular complexity index is 3170. The van der Waals surface area contributed by atoms with Gasteiger partial charge >= 0.3 is 0 Å². The molecule has 0 atom stereocenters. The summed E-state index contributed by atoms with van der Waals surface area (Å²) in [7, 11) is 0. The average Bonchev–Trinajstić information content (AvgIpc) is 3.82. The summed E-state index contributed by atoms with van der Waals surface area (Å²) in [6, 6.07) is 71.7. The van der Waals surface area contributed by atoms with Crippen molar-refractivity contribution in [3.05, 3.63) is 200 Å². The van der Waals surface area contributed by atoms with Crippen LogP contribution in [0.2, 0.25) is 0 Å². The van der Waals surface area contributed by atoms with Crippen LogP contribution in [0.3, 0.4) is 0 Å². The highest BCUT2D eigenvalue weighted by atomic mass is 16.5. The molecule has 0 amide bonds. The van der Waals surface area contributed by atoms with E-state index in [1.807, 2.05) is 0 Å². The molecule has 0 bridgehead atoms. The molecule has 0 saturated heterocycles. The van der Waals surface area contributed by atoms with Gasteiger partial charge in [-0.3, -0.25) is 0 Å². The zero-order chi connectivity index (χ0) is 38.6. The highest BCUT2D eigenvalue weighted by molar-refractivity contribution is 6.98. The van der Waals surface area contributed by atoms with Gasteiger partial charge < -0.3 is 18.6 Å². The molecule has 11 aromatic rings. The van der Waals surface area contributed by atoms with Crippen LogP contribution in [0.5, 0.6) is 23.0 Å². The van der Waals surface area contributed by atoms with Crippen LogP contribution in [0, 0.1) is 0 Å². The molecule has 0 spiro atoms. The molecule has 0 N–H and O–H groups in total. The lowest BCUT2D eigenvalue weighted by molar-refractivity contribution is 0.467. The van der Waals surface area contributed by atoms with E-state index in [4.69, 9.17) is 9.47 Å². The van der Waals surface area contributed by atoms with Gasteiger partial charge in [-0.25, -0.2) is 0 Å². The number of fused-ring (bicyclic) bond motifs is 10. The second kappa shape index (κ2) is 12.4. The van der Waals surface area contributed by atoms with E-state index in [2.05, 4.69) is 209 Å². The predicted octanol–water partition coefficient (Wildman–Crippen LogP) is 11.9. The second-order valence-corrected chi connectivity index (χ2v) is 15.6. The van der Waals surface area contributed by atoms with Crippen LogP contribution in [0.25, 0.3) is 77.2 Å². The van der Waals surface area contributed by atoms with Gasteiger partial charge in [-0.05, 0) is 88.8 Å². The molecule has 0 aliphatic carbocycles. The van der Waals surface area contributed by atoms with Crippen LogP contribution in [0.4, 0.5) is 0 Å². The van der Waals surface area contributed by atoms with Crippen LogP contribution in [-0.2, 0) is 0 Å². The molecule has 2 aliphatic rings. The number of aromatic nitrogens is 2. The van der Waals surface area contributed by atoms with E-state index in [0.29, 0.717) is 0 Å². The third-order valence-electron chi connectivity index (χ3n) is 12.5. The Balaban J connectivity index is 1.02. The van der Waals surface area contributed by atoms with Crippen molar-refractivity contribution in [2.75, 3.05) is 0 Å². The van der Waals surface area contributed by atoms with Crippen LogP contribution in [0.15, 0.2) is 200 Å². The number of hydrogen-bond acceptors (Lipinski definition) is 2. The van der Waals surface area contributed by atoms with E-state index in [9.17, 15) is 0 Å². The summed E-state index contributed by atoms with van der Waals surface area (Å²) in [5.41, 5.74) is 14.5. The Morgan fingerprint density at radius 2 is 0.678 bits per heavy atom. The Morgan fingerprint density at radius 1 is 0.339 bits per heavy atom. The Kier molecular flexibility index (Phi) is 6.78. The Hall–Kier alpha value is -7.76. The first-order chi connectivity index (χ1) is 29.3. The number of ether oxygens (including phenoxy) is 2. The summed E-state index contributed by atoms with van der Waals surface area (Å²) in [6.45, 7) is -0.0534. The molecule has 13 rings (SSSR count). The minimum atomic E-state index is -0.0534.